The summed E-state index contributed by atoms with van der Waals surface area (Å²) in [5.41, 5.74) is 1.26. The summed E-state index contributed by atoms with van der Waals surface area (Å²) in [7, 11) is 0. The van der Waals surface area contributed by atoms with Crippen LogP contribution in [0.5, 0.6) is 17.2 Å². The molecule has 2 aliphatic rings. The van der Waals surface area contributed by atoms with Crippen LogP contribution in [0.1, 0.15) is 17.3 Å². The van der Waals surface area contributed by atoms with Gasteiger partial charge in [0, 0.05) is 30.9 Å². The third-order valence-electron chi connectivity index (χ3n) is 5.08. The Hall–Kier alpha value is -3.30. The molecule has 0 atom stereocenters. The van der Waals surface area contributed by atoms with Crippen molar-refractivity contribution in [2.75, 3.05) is 58.1 Å². The molecule has 2 heterocycles. The van der Waals surface area contributed by atoms with Crippen LogP contribution < -0.4 is 24.8 Å². The van der Waals surface area contributed by atoms with E-state index in [0.717, 1.165) is 44.3 Å². The molecule has 0 aliphatic carbocycles. The molecule has 0 spiro atoms. The summed E-state index contributed by atoms with van der Waals surface area (Å²) in [6.07, 6.45) is 0. The number of hydrogen-bond acceptors (Lipinski definition) is 7. The van der Waals surface area contributed by atoms with Gasteiger partial charge in [0.2, 0.25) is 12.8 Å². The summed E-state index contributed by atoms with van der Waals surface area (Å²) in [6.45, 7) is 7.29. The lowest BCUT2D eigenvalue weighted by molar-refractivity contribution is 0.0394. The van der Waals surface area contributed by atoms with Crippen LogP contribution in [0.4, 0.5) is 5.69 Å². The molecule has 2 aromatic carbocycles. The molecule has 2 aliphatic heterocycles. The molecule has 0 bridgehead atoms. The van der Waals surface area contributed by atoms with E-state index in [1.54, 1.807) is 18.2 Å². The summed E-state index contributed by atoms with van der Waals surface area (Å²) in [4.78, 5) is 19.8. The van der Waals surface area contributed by atoms with Crippen molar-refractivity contribution in [1.82, 2.24) is 10.2 Å². The van der Waals surface area contributed by atoms with Crippen molar-refractivity contribution in [3.63, 3.8) is 0 Å². The van der Waals surface area contributed by atoms with E-state index < -0.39 is 0 Å². The molecular formula is C23H28N4O5. The molecule has 0 unspecified atom stereocenters. The number of nitrogens with zero attached hydrogens (tertiary/aromatic N) is 2. The second-order valence-corrected chi connectivity index (χ2v) is 7.29. The van der Waals surface area contributed by atoms with Gasteiger partial charge < -0.3 is 24.3 Å². The largest absolute Gasteiger partial charge is 0.494 e. The normalized spacial score (nSPS) is 16.0. The van der Waals surface area contributed by atoms with Crippen molar-refractivity contribution in [3.05, 3.63) is 48.0 Å². The number of amides is 1. The summed E-state index contributed by atoms with van der Waals surface area (Å²) in [6, 6.07) is 12.6. The second kappa shape index (κ2) is 10.8. The van der Waals surface area contributed by atoms with Gasteiger partial charge in [0.25, 0.3) is 5.91 Å². The highest BCUT2D eigenvalue weighted by atomic mass is 16.7. The lowest BCUT2D eigenvalue weighted by Gasteiger charge is -2.25. The maximum absolute atomic E-state index is 12.9. The lowest BCUT2D eigenvalue weighted by Crippen LogP contribution is -2.39. The van der Waals surface area contributed by atoms with E-state index in [1.165, 1.54) is 0 Å². The number of nitrogens with one attached hydrogen (secondary N) is 2. The van der Waals surface area contributed by atoms with Gasteiger partial charge in [-0.1, -0.05) is 0 Å². The maximum atomic E-state index is 12.9. The van der Waals surface area contributed by atoms with E-state index in [-0.39, 0.29) is 12.7 Å². The third-order valence-corrected chi connectivity index (χ3v) is 5.08. The summed E-state index contributed by atoms with van der Waals surface area (Å²) < 4.78 is 21.6. The average Bonchev–Trinajstić information content (AvgIpc) is 3.29. The minimum atomic E-state index is -0.285. The topological polar surface area (TPSA) is 93.7 Å². The third kappa shape index (κ3) is 5.89. The number of carbonyl (C=O) groups is 1. The van der Waals surface area contributed by atoms with Gasteiger partial charge in [-0.15, -0.1) is 0 Å². The Bertz CT molecular complexity index is 942. The van der Waals surface area contributed by atoms with Crippen LogP contribution in [-0.2, 0) is 4.74 Å². The molecule has 0 aromatic heterocycles. The van der Waals surface area contributed by atoms with Crippen molar-refractivity contribution >= 4 is 17.6 Å². The Morgan fingerprint density at radius 3 is 2.66 bits per heavy atom. The number of guanidine groups is 1. The summed E-state index contributed by atoms with van der Waals surface area (Å²) >= 11 is 0. The molecule has 1 saturated heterocycles. The van der Waals surface area contributed by atoms with Gasteiger partial charge in [0.15, 0.2) is 11.5 Å². The van der Waals surface area contributed by atoms with E-state index in [9.17, 15) is 4.79 Å². The Labute approximate surface area is 187 Å². The zero-order chi connectivity index (χ0) is 22.2. The smallest absolute Gasteiger partial charge is 0.258 e. The van der Waals surface area contributed by atoms with Crippen LogP contribution in [0.3, 0.4) is 0 Å². The number of aliphatic imine (C=N–C) groups is 1. The minimum Gasteiger partial charge on any atom is -0.494 e. The van der Waals surface area contributed by atoms with Crippen LogP contribution >= 0.6 is 0 Å². The minimum absolute atomic E-state index is 0.161. The van der Waals surface area contributed by atoms with E-state index >= 15 is 0 Å². The Morgan fingerprint density at radius 1 is 1.09 bits per heavy atom. The highest BCUT2D eigenvalue weighted by molar-refractivity contribution is 6.10. The van der Waals surface area contributed by atoms with E-state index in [0.29, 0.717) is 36.2 Å². The number of hydrogen-bond donors (Lipinski definition) is 2. The zero-order valence-corrected chi connectivity index (χ0v) is 18.1. The average molecular weight is 441 g/mol. The van der Waals surface area contributed by atoms with Crippen molar-refractivity contribution in [2.24, 2.45) is 4.99 Å². The van der Waals surface area contributed by atoms with Crippen molar-refractivity contribution in [3.8, 4) is 17.2 Å². The Balaban J connectivity index is 1.44. The van der Waals surface area contributed by atoms with Crippen LogP contribution in [0.25, 0.3) is 0 Å². The maximum Gasteiger partial charge on any atom is 0.258 e. The fourth-order valence-corrected chi connectivity index (χ4v) is 3.39. The Morgan fingerprint density at radius 2 is 1.88 bits per heavy atom. The zero-order valence-electron chi connectivity index (χ0n) is 18.1. The molecule has 0 saturated carbocycles. The van der Waals surface area contributed by atoms with Crippen LogP contribution in [0, 0.1) is 0 Å². The number of carbonyl (C=O) groups excluding carboxylic acids is 1. The van der Waals surface area contributed by atoms with Crippen LogP contribution in [0.15, 0.2) is 47.5 Å². The van der Waals surface area contributed by atoms with Gasteiger partial charge >= 0.3 is 0 Å². The van der Waals surface area contributed by atoms with E-state index in [4.69, 9.17) is 18.9 Å². The number of ether oxygens (including phenoxy) is 4. The number of morpholine rings is 1. The Kier molecular flexibility index (Phi) is 7.42. The summed E-state index contributed by atoms with van der Waals surface area (Å²) in [5.74, 6) is 2.07. The van der Waals surface area contributed by atoms with Gasteiger partial charge in [0.05, 0.1) is 26.4 Å². The monoisotopic (exact) mass is 440 g/mol. The second-order valence-electron chi connectivity index (χ2n) is 7.29. The van der Waals surface area contributed by atoms with Gasteiger partial charge in [-0.3, -0.25) is 20.0 Å². The molecule has 32 heavy (non-hydrogen) atoms. The summed E-state index contributed by atoms with van der Waals surface area (Å²) in [5, 5.41) is 6.08. The van der Waals surface area contributed by atoms with Crippen molar-refractivity contribution < 1.29 is 23.7 Å². The lowest BCUT2D eigenvalue weighted by atomic mass is 10.2. The fraction of sp³-hybridized carbons (Fsp3) is 0.391. The molecule has 9 heteroatoms. The first-order valence-corrected chi connectivity index (χ1v) is 10.8. The fourth-order valence-electron chi connectivity index (χ4n) is 3.39. The molecule has 2 N–H and O–H groups in total. The number of benzene rings is 2. The van der Waals surface area contributed by atoms with Gasteiger partial charge in [-0.05, 0) is 49.4 Å². The SMILES string of the molecule is CCOc1ccc(NC(=NCCN2CCOCC2)NC(=O)c2ccc3c(c2)OCO3)cc1. The first-order chi connectivity index (χ1) is 15.7. The predicted octanol–water partition coefficient (Wildman–Crippen LogP) is 2.34. The molecular weight excluding hydrogens is 412 g/mol. The van der Waals surface area contributed by atoms with Crippen molar-refractivity contribution in [1.29, 1.82) is 0 Å². The molecule has 1 fully saturated rings. The van der Waals surface area contributed by atoms with Gasteiger partial charge in [0.1, 0.15) is 5.75 Å². The van der Waals surface area contributed by atoms with Crippen LogP contribution in [-0.4, -0.2) is 69.6 Å². The number of fused-ring (bicyclic) bond motifs is 1. The number of rotatable bonds is 7. The molecule has 2 aromatic rings. The van der Waals surface area contributed by atoms with E-state index in [1.807, 2.05) is 31.2 Å². The highest BCUT2D eigenvalue weighted by Gasteiger charge is 2.17. The standard InChI is InChI=1S/C23H28N4O5/c1-2-30-19-6-4-18(5-7-19)25-23(24-9-10-27-11-13-29-14-12-27)26-22(28)17-3-8-20-21(15-17)32-16-31-20/h3-8,15H,2,9-14,16H2,1H3,(H2,24,25,26,28). The predicted molar refractivity (Wildman–Crippen MR) is 121 cm³/mol. The quantitative estimate of drug-likeness (QED) is 0.504. The van der Waals surface area contributed by atoms with E-state index in [2.05, 4.69) is 20.5 Å². The van der Waals surface area contributed by atoms with Crippen molar-refractivity contribution in [2.45, 2.75) is 6.92 Å². The molecule has 1 amide bonds. The molecule has 170 valence electrons. The first-order valence-electron chi connectivity index (χ1n) is 10.8. The number of anilines is 1. The molecule has 0 radical (unpaired) electrons. The van der Waals surface area contributed by atoms with Gasteiger partial charge in [-0.2, -0.15) is 0 Å². The molecule has 9 nitrogen and oxygen atoms in total. The van der Waals surface area contributed by atoms with Crippen LogP contribution in [0.2, 0.25) is 0 Å². The molecule has 4 rings (SSSR count). The van der Waals surface area contributed by atoms with Gasteiger partial charge in [-0.25, -0.2) is 0 Å². The first kappa shape index (κ1) is 21.9. The highest BCUT2D eigenvalue weighted by Crippen LogP contribution is 2.32.